The Labute approximate surface area is 181 Å². The van der Waals surface area contributed by atoms with Gasteiger partial charge in [-0.25, -0.2) is 0 Å². The van der Waals surface area contributed by atoms with Gasteiger partial charge < -0.3 is 25.2 Å². The zero-order valence-electron chi connectivity index (χ0n) is 17.4. The molecule has 0 spiro atoms. The van der Waals surface area contributed by atoms with E-state index in [0.717, 1.165) is 43.1 Å². The van der Waals surface area contributed by atoms with Crippen LogP contribution in [-0.2, 0) is 9.53 Å². The van der Waals surface area contributed by atoms with Gasteiger partial charge in [0, 0.05) is 35.5 Å². The summed E-state index contributed by atoms with van der Waals surface area (Å²) in [6.45, 7) is 3.89. The number of nitrogens with zero attached hydrogens (tertiary/aromatic N) is 1. The number of nitrogens with one attached hydrogen (secondary N) is 1. The van der Waals surface area contributed by atoms with Gasteiger partial charge in [-0.3, -0.25) is 9.59 Å². The van der Waals surface area contributed by atoms with Crippen molar-refractivity contribution in [3.63, 3.8) is 0 Å². The fourth-order valence-corrected chi connectivity index (χ4v) is 3.22. The van der Waals surface area contributed by atoms with Crippen LogP contribution in [0.25, 0.3) is 0 Å². The van der Waals surface area contributed by atoms with Crippen LogP contribution in [0.1, 0.15) is 28.4 Å². The molecule has 1 fully saturated rings. The number of Topliss-reactive ketones (excluding diaryl/α,β-unsaturated/α-hetero) is 1. The molecule has 7 nitrogen and oxygen atoms in total. The van der Waals surface area contributed by atoms with Crippen LogP contribution in [0.4, 0.5) is 5.69 Å². The summed E-state index contributed by atoms with van der Waals surface area (Å²) in [5.41, 5.74) is 3.12. The standard InChI is InChI=1S/C24H26N2O5/c1-17(28)23(22(29)16-27)25-24(30)20-8-4-18(5-9-20)2-3-19-6-10-21(11-7-19)26-12-14-31-15-13-26/h4-11,17,23,27-28H,12-16H2,1H3,(H,25,30)/t17-,23+/m1/s1. The Morgan fingerprint density at radius 3 is 2.10 bits per heavy atom. The minimum absolute atomic E-state index is 0.330. The van der Waals surface area contributed by atoms with Crippen LogP contribution >= 0.6 is 0 Å². The van der Waals surface area contributed by atoms with Crippen LogP contribution in [-0.4, -0.2) is 67.0 Å². The molecule has 0 aliphatic carbocycles. The van der Waals surface area contributed by atoms with Crippen LogP contribution in [0.15, 0.2) is 48.5 Å². The second-order valence-corrected chi connectivity index (χ2v) is 7.29. The van der Waals surface area contributed by atoms with E-state index in [1.807, 2.05) is 12.1 Å². The van der Waals surface area contributed by atoms with Gasteiger partial charge in [0.2, 0.25) is 0 Å². The summed E-state index contributed by atoms with van der Waals surface area (Å²) in [7, 11) is 0. The summed E-state index contributed by atoms with van der Waals surface area (Å²) >= 11 is 0. The van der Waals surface area contributed by atoms with E-state index in [1.54, 1.807) is 24.3 Å². The molecule has 1 saturated heterocycles. The van der Waals surface area contributed by atoms with E-state index in [1.165, 1.54) is 6.92 Å². The van der Waals surface area contributed by atoms with Crippen LogP contribution in [0, 0.1) is 11.8 Å². The quantitative estimate of drug-likeness (QED) is 0.600. The van der Waals surface area contributed by atoms with Crippen molar-refractivity contribution >= 4 is 17.4 Å². The maximum atomic E-state index is 12.3. The lowest BCUT2D eigenvalue weighted by molar-refractivity contribution is -0.125. The fourth-order valence-electron chi connectivity index (χ4n) is 3.22. The largest absolute Gasteiger partial charge is 0.391 e. The van der Waals surface area contributed by atoms with Crippen molar-refractivity contribution in [2.45, 2.75) is 19.1 Å². The smallest absolute Gasteiger partial charge is 0.251 e. The highest BCUT2D eigenvalue weighted by Gasteiger charge is 2.25. The third kappa shape index (κ3) is 6.15. The number of carbonyl (C=O) groups excluding carboxylic acids is 2. The number of rotatable bonds is 6. The predicted molar refractivity (Wildman–Crippen MR) is 117 cm³/mol. The molecule has 0 aromatic heterocycles. The molecule has 1 heterocycles. The Kier molecular flexibility index (Phi) is 7.79. The lowest BCUT2D eigenvalue weighted by Gasteiger charge is -2.28. The van der Waals surface area contributed by atoms with Crippen molar-refractivity contribution in [2.24, 2.45) is 0 Å². The highest BCUT2D eigenvalue weighted by molar-refractivity contribution is 5.98. The van der Waals surface area contributed by atoms with Crippen LogP contribution in [0.3, 0.4) is 0 Å². The predicted octanol–water partition coefficient (Wildman–Crippen LogP) is 0.964. The Balaban J connectivity index is 1.62. The molecule has 2 atom stereocenters. The van der Waals surface area contributed by atoms with Gasteiger partial charge in [0.1, 0.15) is 12.6 Å². The minimum atomic E-state index is -1.16. The molecule has 3 N–H and O–H groups in total. The summed E-state index contributed by atoms with van der Waals surface area (Å²) in [5.74, 6) is 5.02. The van der Waals surface area contributed by atoms with Crippen molar-refractivity contribution < 1.29 is 24.5 Å². The van der Waals surface area contributed by atoms with Gasteiger partial charge in [-0.2, -0.15) is 0 Å². The number of benzene rings is 2. The SMILES string of the molecule is C[C@@H](O)[C@H](NC(=O)c1ccc(C#Cc2ccc(N3CCOCC3)cc2)cc1)C(=O)CO. The molecule has 0 bridgehead atoms. The number of ketones is 1. The van der Waals surface area contributed by atoms with E-state index in [2.05, 4.69) is 34.2 Å². The van der Waals surface area contributed by atoms with E-state index in [-0.39, 0.29) is 0 Å². The van der Waals surface area contributed by atoms with Crippen LogP contribution in [0.5, 0.6) is 0 Å². The van der Waals surface area contributed by atoms with Gasteiger partial charge in [-0.15, -0.1) is 0 Å². The third-order valence-electron chi connectivity index (χ3n) is 5.01. The molecule has 1 aliphatic heterocycles. The molecule has 162 valence electrons. The maximum Gasteiger partial charge on any atom is 0.251 e. The molecule has 2 aromatic rings. The minimum Gasteiger partial charge on any atom is -0.391 e. The van der Waals surface area contributed by atoms with Crippen molar-refractivity contribution in [1.82, 2.24) is 5.32 Å². The van der Waals surface area contributed by atoms with Gasteiger partial charge in [0.25, 0.3) is 5.91 Å². The molecule has 31 heavy (non-hydrogen) atoms. The highest BCUT2D eigenvalue weighted by atomic mass is 16.5. The van der Waals surface area contributed by atoms with Crippen molar-refractivity contribution in [3.8, 4) is 11.8 Å². The number of hydrogen-bond donors (Lipinski definition) is 3. The monoisotopic (exact) mass is 422 g/mol. The molecule has 3 rings (SSSR count). The van der Waals surface area contributed by atoms with Crippen LogP contribution in [0.2, 0.25) is 0 Å². The molecule has 0 saturated carbocycles. The van der Waals surface area contributed by atoms with Crippen molar-refractivity contribution in [1.29, 1.82) is 0 Å². The summed E-state index contributed by atoms with van der Waals surface area (Å²) in [6, 6.07) is 13.5. The van der Waals surface area contributed by atoms with E-state index in [0.29, 0.717) is 5.56 Å². The fraction of sp³-hybridized carbons (Fsp3) is 0.333. The molecular formula is C24H26N2O5. The molecule has 0 radical (unpaired) electrons. The first-order chi connectivity index (χ1) is 15.0. The van der Waals surface area contributed by atoms with Gasteiger partial charge in [-0.05, 0) is 55.5 Å². The zero-order chi connectivity index (χ0) is 22.2. The van der Waals surface area contributed by atoms with Gasteiger partial charge in [0.05, 0.1) is 19.3 Å². The average molecular weight is 422 g/mol. The zero-order valence-corrected chi connectivity index (χ0v) is 17.4. The summed E-state index contributed by atoms with van der Waals surface area (Å²) in [6.07, 6.45) is -1.11. The first kappa shape index (κ1) is 22.5. The van der Waals surface area contributed by atoms with Gasteiger partial charge in [0.15, 0.2) is 5.78 Å². The van der Waals surface area contributed by atoms with E-state index >= 15 is 0 Å². The molecule has 2 aromatic carbocycles. The molecule has 1 aliphatic rings. The number of ether oxygens (including phenoxy) is 1. The normalized spacial score (nSPS) is 15.4. The van der Waals surface area contributed by atoms with E-state index < -0.39 is 30.4 Å². The Bertz CT molecular complexity index is 952. The average Bonchev–Trinajstić information content (AvgIpc) is 2.81. The topological polar surface area (TPSA) is 99.1 Å². The van der Waals surface area contributed by atoms with E-state index in [9.17, 15) is 14.7 Å². The Morgan fingerprint density at radius 2 is 1.58 bits per heavy atom. The maximum absolute atomic E-state index is 12.3. The number of anilines is 1. The second-order valence-electron chi connectivity index (χ2n) is 7.29. The Morgan fingerprint density at radius 1 is 1.03 bits per heavy atom. The van der Waals surface area contributed by atoms with E-state index in [4.69, 9.17) is 9.84 Å². The Hall–Kier alpha value is -3.18. The van der Waals surface area contributed by atoms with Gasteiger partial charge >= 0.3 is 0 Å². The molecular weight excluding hydrogens is 396 g/mol. The number of aliphatic hydroxyl groups is 2. The number of carbonyl (C=O) groups is 2. The molecule has 7 heteroatoms. The summed E-state index contributed by atoms with van der Waals surface area (Å²) in [5, 5.41) is 21.1. The van der Waals surface area contributed by atoms with Crippen LogP contribution < -0.4 is 10.2 Å². The second kappa shape index (κ2) is 10.7. The highest BCUT2D eigenvalue weighted by Crippen LogP contribution is 2.16. The number of hydrogen-bond acceptors (Lipinski definition) is 6. The first-order valence-corrected chi connectivity index (χ1v) is 10.2. The number of aliphatic hydroxyl groups excluding tert-OH is 2. The third-order valence-corrected chi connectivity index (χ3v) is 5.01. The summed E-state index contributed by atoms with van der Waals surface area (Å²) < 4.78 is 5.38. The lowest BCUT2D eigenvalue weighted by Crippen LogP contribution is -2.48. The summed E-state index contributed by atoms with van der Waals surface area (Å²) in [4.78, 5) is 26.3. The number of amides is 1. The molecule has 1 amide bonds. The van der Waals surface area contributed by atoms with Crippen molar-refractivity contribution in [2.75, 3.05) is 37.8 Å². The molecule has 0 unspecified atom stereocenters. The van der Waals surface area contributed by atoms with Crippen molar-refractivity contribution in [3.05, 3.63) is 65.2 Å². The lowest BCUT2D eigenvalue weighted by atomic mass is 10.1. The van der Waals surface area contributed by atoms with Gasteiger partial charge in [-0.1, -0.05) is 11.8 Å². The first-order valence-electron chi connectivity index (χ1n) is 10.2. The number of morpholine rings is 1.